The maximum atomic E-state index is 11.6. The SMILES string of the molecule is CC(C)c1ccc(C=CC(=O)Nc2ncn[nH]2)cc1. The number of aromatic nitrogens is 3. The average Bonchev–Trinajstić information content (AvgIpc) is 2.89. The minimum absolute atomic E-state index is 0.246. The van der Waals surface area contributed by atoms with Crippen LogP contribution in [0, 0.1) is 0 Å². The fourth-order valence-electron chi connectivity index (χ4n) is 1.59. The Morgan fingerprint density at radius 1 is 1.32 bits per heavy atom. The zero-order valence-electron chi connectivity index (χ0n) is 10.9. The van der Waals surface area contributed by atoms with Gasteiger partial charge in [0.1, 0.15) is 6.33 Å². The molecular formula is C14H16N4O. The molecule has 0 saturated heterocycles. The summed E-state index contributed by atoms with van der Waals surface area (Å²) < 4.78 is 0. The molecule has 1 aromatic carbocycles. The van der Waals surface area contributed by atoms with E-state index in [-0.39, 0.29) is 5.91 Å². The Hall–Kier alpha value is -2.43. The Morgan fingerprint density at radius 3 is 2.63 bits per heavy atom. The van der Waals surface area contributed by atoms with Gasteiger partial charge in [-0.05, 0) is 23.1 Å². The van der Waals surface area contributed by atoms with Crippen molar-refractivity contribution in [2.45, 2.75) is 19.8 Å². The standard InChI is InChI=1S/C14H16N4O/c1-10(2)12-6-3-11(4-7-12)5-8-13(19)17-14-15-9-16-18-14/h3-10H,1-2H3,(H2,15,16,17,18,19). The molecule has 0 bridgehead atoms. The number of H-pyrrole nitrogens is 1. The van der Waals surface area contributed by atoms with Crippen molar-refractivity contribution >= 4 is 17.9 Å². The molecule has 2 aromatic rings. The lowest BCUT2D eigenvalue weighted by molar-refractivity contribution is -0.111. The first kappa shape index (κ1) is 13.0. The maximum Gasteiger partial charge on any atom is 0.250 e. The molecule has 0 aliphatic heterocycles. The molecule has 0 aliphatic rings. The van der Waals surface area contributed by atoms with Crippen LogP contribution in [0.1, 0.15) is 30.9 Å². The molecule has 1 amide bonds. The van der Waals surface area contributed by atoms with Crippen LogP contribution < -0.4 is 5.32 Å². The average molecular weight is 256 g/mol. The van der Waals surface area contributed by atoms with E-state index in [9.17, 15) is 4.79 Å². The van der Waals surface area contributed by atoms with Gasteiger partial charge in [0, 0.05) is 6.08 Å². The predicted octanol–water partition coefficient (Wildman–Crippen LogP) is 2.58. The van der Waals surface area contributed by atoms with Crippen LogP contribution in [0.3, 0.4) is 0 Å². The summed E-state index contributed by atoms with van der Waals surface area (Å²) >= 11 is 0. The van der Waals surface area contributed by atoms with Gasteiger partial charge in [0.25, 0.3) is 5.91 Å². The molecule has 5 heteroatoms. The van der Waals surface area contributed by atoms with Crippen molar-refractivity contribution in [1.29, 1.82) is 0 Å². The van der Waals surface area contributed by atoms with Gasteiger partial charge in [-0.3, -0.25) is 10.1 Å². The summed E-state index contributed by atoms with van der Waals surface area (Å²) in [5.74, 6) is 0.599. The van der Waals surface area contributed by atoms with Crippen LogP contribution >= 0.6 is 0 Å². The van der Waals surface area contributed by atoms with Crippen molar-refractivity contribution in [2.75, 3.05) is 5.32 Å². The Bertz CT molecular complexity index is 556. The summed E-state index contributed by atoms with van der Waals surface area (Å²) in [6, 6.07) is 8.12. The second-order valence-corrected chi connectivity index (χ2v) is 4.48. The molecule has 0 aliphatic carbocycles. The molecule has 2 N–H and O–H groups in total. The molecule has 0 radical (unpaired) electrons. The van der Waals surface area contributed by atoms with Gasteiger partial charge in [0.05, 0.1) is 0 Å². The molecule has 0 saturated carbocycles. The topological polar surface area (TPSA) is 70.7 Å². The van der Waals surface area contributed by atoms with Crippen molar-refractivity contribution in [2.24, 2.45) is 0 Å². The van der Waals surface area contributed by atoms with Gasteiger partial charge >= 0.3 is 0 Å². The van der Waals surface area contributed by atoms with Gasteiger partial charge in [-0.2, -0.15) is 10.1 Å². The van der Waals surface area contributed by atoms with Crippen molar-refractivity contribution < 1.29 is 4.79 Å². The van der Waals surface area contributed by atoms with Gasteiger partial charge in [0.2, 0.25) is 5.95 Å². The minimum Gasteiger partial charge on any atom is -0.291 e. The van der Waals surface area contributed by atoms with E-state index in [2.05, 4.69) is 46.5 Å². The maximum absolute atomic E-state index is 11.6. The fraction of sp³-hybridized carbons (Fsp3) is 0.214. The third-order valence-electron chi connectivity index (χ3n) is 2.69. The molecule has 1 aromatic heterocycles. The Balaban J connectivity index is 1.96. The number of benzene rings is 1. The summed E-state index contributed by atoms with van der Waals surface area (Å²) in [6.45, 7) is 4.30. The van der Waals surface area contributed by atoms with E-state index in [1.165, 1.54) is 18.0 Å². The second-order valence-electron chi connectivity index (χ2n) is 4.48. The van der Waals surface area contributed by atoms with Crippen molar-refractivity contribution in [3.63, 3.8) is 0 Å². The zero-order valence-corrected chi connectivity index (χ0v) is 10.9. The molecule has 98 valence electrons. The van der Waals surface area contributed by atoms with Crippen LogP contribution in [0.5, 0.6) is 0 Å². The summed E-state index contributed by atoms with van der Waals surface area (Å²) in [7, 11) is 0. The quantitative estimate of drug-likeness (QED) is 0.826. The van der Waals surface area contributed by atoms with Crippen molar-refractivity contribution in [1.82, 2.24) is 15.2 Å². The lowest BCUT2D eigenvalue weighted by atomic mass is 10.0. The number of aromatic amines is 1. The molecule has 2 rings (SSSR count). The number of anilines is 1. The number of nitrogens with zero attached hydrogens (tertiary/aromatic N) is 2. The Kier molecular flexibility index (Phi) is 4.07. The van der Waals surface area contributed by atoms with E-state index in [0.29, 0.717) is 11.9 Å². The third-order valence-corrected chi connectivity index (χ3v) is 2.69. The highest BCUT2D eigenvalue weighted by Crippen LogP contribution is 2.15. The van der Waals surface area contributed by atoms with Crippen LogP contribution in [0.2, 0.25) is 0 Å². The number of rotatable bonds is 4. The molecule has 5 nitrogen and oxygen atoms in total. The molecular weight excluding hydrogens is 240 g/mol. The van der Waals surface area contributed by atoms with Gasteiger partial charge < -0.3 is 0 Å². The number of hydrogen-bond acceptors (Lipinski definition) is 3. The molecule has 19 heavy (non-hydrogen) atoms. The zero-order chi connectivity index (χ0) is 13.7. The lowest BCUT2D eigenvalue weighted by Crippen LogP contribution is -2.08. The monoisotopic (exact) mass is 256 g/mol. The van der Waals surface area contributed by atoms with Gasteiger partial charge in [-0.25, -0.2) is 5.10 Å². The van der Waals surface area contributed by atoms with Gasteiger partial charge in [0.15, 0.2) is 0 Å². The smallest absolute Gasteiger partial charge is 0.250 e. The largest absolute Gasteiger partial charge is 0.291 e. The van der Waals surface area contributed by atoms with E-state index in [4.69, 9.17) is 0 Å². The van der Waals surface area contributed by atoms with Gasteiger partial charge in [-0.1, -0.05) is 38.1 Å². The van der Waals surface area contributed by atoms with E-state index in [0.717, 1.165) is 5.56 Å². The summed E-state index contributed by atoms with van der Waals surface area (Å²) in [5, 5.41) is 8.77. The second kappa shape index (κ2) is 5.95. The molecule has 0 spiro atoms. The number of carbonyl (C=O) groups is 1. The summed E-state index contributed by atoms with van der Waals surface area (Å²) in [5.41, 5.74) is 2.26. The number of hydrogen-bond donors (Lipinski definition) is 2. The summed E-state index contributed by atoms with van der Waals surface area (Å²) in [6.07, 6.45) is 4.56. The van der Waals surface area contributed by atoms with Crippen LogP contribution in [-0.2, 0) is 4.79 Å². The van der Waals surface area contributed by atoms with Gasteiger partial charge in [-0.15, -0.1) is 0 Å². The Morgan fingerprint density at radius 2 is 2.05 bits per heavy atom. The molecule has 0 atom stereocenters. The first-order valence-electron chi connectivity index (χ1n) is 6.09. The number of amides is 1. The Labute approximate surface area is 111 Å². The minimum atomic E-state index is -0.246. The first-order chi connectivity index (χ1) is 9.15. The first-order valence-corrected chi connectivity index (χ1v) is 6.09. The van der Waals surface area contributed by atoms with Crippen LogP contribution in [0.25, 0.3) is 6.08 Å². The normalized spacial score (nSPS) is 11.1. The predicted molar refractivity (Wildman–Crippen MR) is 74.6 cm³/mol. The van der Waals surface area contributed by atoms with E-state index in [1.54, 1.807) is 6.08 Å². The molecule has 1 heterocycles. The number of carbonyl (C=O) groups excluding carboxylic acids is 1. The number of nitrogens with one attached hydrogen (secondary N) is 2. The summed E-state index contributed by atoms with van der Waals surface area (Å²) in [4.78, 5) is 15.4. The van der Waals surface area contributed by atoms with Crippen LogP contribution in [-0.4, -0.2) is 21.1 Å². The van der Waals surface area contributed by atoms with E-state index < -0.39 is 0 Å². The van der Waals surface area contributed by atoms with Crippen LogP contribution in [0.15, 0.2) is 36.7 Å². The van der Waals surface area contributed by atoms with E-state index >= 15 is 0 Å². The van der Waals surface area contributed by atoms with Crippen LogP contribution in [0.4, 0.5) is 5.95 Å². The lowest BCUT2D eigenvalue weighted by Gasteiger charge is -2.04. The molecule has 0 fully saturated rings. The third kappa shape index (κ3) is 3.77. The fourth-order valence-corrected chi connectivity index (χ4v) is 1.59. The molecule has 0 unspecified atom stereocenters. The highest BCUT2D eigenvalue weighted by Gasteiger charge is 2.00. The van der Waals surface area contributed by atoms with Crippen molar-refractivity contribution in [3.05, 3.63) is 47.8 Å². The van der Waals surface area contributed by atoms with E-state index in [1.807, 2.05) is 12.1 Å². The highest BCUT2D eigenvalue weighted by atomic mass is 16.1. The van der Waals surface area contributed by atoms with Crippen molar-refractivity contribution in [3.8, 4) is 0 Å². The highest BCUT2D eigenvalue weighted by molar-refractivity contribution is 6.00.